The number of phenolic OH excluding ortho intramolecular Hbond substituents is 1. The zero-order valence-corrected chi connectivity index (χ0v) is 8.26. The number of benzene rings is 1. The van der Waals surface area contributed by atoms with Gasteiger partial charge in [0.05, 0.1) is 0 Å². The van der Waals surface area contributed by atoms with Crippen LogP contribution in [-0.2, 0) is 0 Å². The summed E-state index contributed by atoms with van der Waals surface area (Å²) >= 11 is 0. The minimum Gasteiger partial charge on any atom is -0.508 e. The number of halogens is 3. The van der Waals surface area contributed by atoms with Crippen molar-refractivity contribution in [2.45, 2.75) is 26.1 Å². The van der Waals surface area contributed by atoms with Crippen molar-refractivity contribution < 1.29 is 23.4 Å². The van der Waals surface area contributed by atoms with Crippen molar-refractivity contribution in [2.24, 2.45) is 0 Å². The maximum Gasteiger partial charge on any atom is 0.418 e. The van der Waals surface area contributed by atoms with Crippen LogP contribution in [0, 0.1) is 13.8 Å². The van der Waals surface area contributed by atoms with Crippen molar-refractivity contribution in [3.8, 4) is 5.75 Å². The van der Waals surface area contributed by atoms with Gasteiger partial charge in [-0.05, 0) is 37.1 Å². The van der Waals surface area contributed by atoms with Gasteiger partial charge >= 0.3 is 6.18 Å². The fourth-order valence-corrected chi connectivity index (χ4v) is 1.22. The zero-order chi connectivity index (χ0) is 11.8. The second-order valence-electron chi connectivity index (χ2n) is 3.44. The summed E-state index contributed by atoms with van der Waals surface area (Å²) in [6, 6.07) is 2.35. The maximum atomic E-state index is 12.2. The number of rotatable bonds is 1. The Kier molecular flexibility index (Phi) is 2.95. The molecule has 15 heavy (non-hydrogen) atoms. The Labute approximate surface area is 85.0 Å². The summed E-state index contributed by atoms with van der Waals surface area (Å²) in [6.07, 6.45) is -7.41. The molecule has 84 valence electrons. The van der Waals surface area contributed by atoms with Gasteiger partial charge in [-0.25, -0.2) is 0 Å². The smallest absolute Gasteiger partial charge is 0.418 e. The summed E-state index contributed by atoms with van der Waals surface area (Å²) < 4.78 is 36.6. The largest absolute Gasteiger partial charge is 0.508 e. The quantitative estimate of drug-likeness (QED) is 0.763. The molecule has 0 fully saturated rings. The average Bonchev–Trinajstić information content (AvgIpc) is 2.08. The Hall–Kier alpha value is -1.23. The molecule has 0 spiro atoms. The fraction of sp³-hybridized carbons (Fsp3) is 0.400. The van der Waals surface area contributed by atoms with Crippen molar-refractivity contribution in [2.75, 3.05) is 0 Å². The van der Waals surface area contributed by atoms with E-state index in [0.717, 1.165) is 6.07 Å². The fourth-order valence-electron chi connectivity index (χ4n) is 1.22. The first-order valence-electron chi connectivity index (χ1n) is 4.28. The molecule has 0 saturated carbocycles. The molecule has 5 heteroatoms. The summed E-state index contributed by atoms with van der Waals surface area (Å²) in [5.41, 5.74) is 0.752. The van der Waals surface area contributed by atoms with E-state index in [9.17, 15) is 18.3 Å². The predicted molar refractivity (Wildman–Crippen MR) is 48.6 cm³/mol. The number of aryl methyl sites for hydroxylation is 2. The lowest BCUT2D eigenvalue weighted by Crippen LogP contribution is -2.20. The molecule has 1 rings (SSSR count). The second kappa shape index (κ2) is 3.73. The van der Waals surface area contributed by atoms with E-state index in [-0.39, 0.29) is 0 Å². The number of hydrogen-bond donors (Lipinski definition) is 2. The van der Waals surface area contributed by atoms with E-state index >= 15 is 0 Å². The highest BCUT2D eigenvalue weighted by Crippen LogP contribution is 2.37. The van der Waals surface area contributed by atoms with E-state index in [1.165, 1.54) is 6.07 Å². The predicted octanol–water partition coefficient (Wildman–Crippen LogP) is 2.60. The highest BCUT2D eigenvalue weighted by atomic mass is 19.4. The lowest BCUT2D eigenvalue weighted by Gasteiger charge is -2.17. The first kappa shape index (κ1) is 11.8. The molecule has 0 aliphatic heterocycles. The first-order chi connectivity index (χ1) is 6.73. The van der Waals surface area contributed by atoms with Crippen LogP contribution >= 0.6 is 0 Å². The number of hydrogen-bond acceptors (Lipinski definition) is 2. The molecule has 0 radical (unpaired) electrons. The van der Waals surface area contributed by atoms with Crippen molar-refractivity contribution in [1.82, 2.24) is 0 Å². The van der Waals surface area contributed by atoms with Crippen LogP contribution in [0.5, 0.6) is 5.75 Å². The molecule has 0 amide bonds. The Bertz CT molecular complexity index is 372. The van der Waals surface area contributed by atoms with E-state index in [1.807, 2.05) is 0 Å². The maximum absolute atomic E-state index is 12.2. The van der Waals surface area contributed by atoms with Gasteiger partial charge in [-0.3, -0.25) is 0 Å². The number of alkyl halides is 3. The number of aliphatic hydroxyl groups is 1. The Morgan fingerprint density at radius 1 is 1.13 bits per heavy atom. The van der Waals surface area contributed by atoms with Crippen LogP contribution < -0.4 is 0 Å². The highest BCUT2D eigenvalue weighted by molar-refractivity contribution is 5.42. The van der Waals surface area contributed by atoms with Crippen LogP contribution in [0.3, 0.4) is 0 Å². The highest BCUT2D eigenvalue weighted by Gasteiger charge is 2.40. The third-order valence-corrected chi connectivity index (χ3v) is 2.25. The number of phenols is 1. The summed E-state index contributed by atoms with van der Waals surface area (Å²) in [6.45, 7) is 3.28. The molecule has 1 aromatic rings. The molecular formula is C10H11F3O2. The van der Waals surface area contributed by atoms with Gasteiger partial charge < -0.3 is 10.2 Å². The molecule has 2 nitrogen and oxygen atoms in total. The standard InChI is InChI=1S/C10H11F3O2/c1-5-3-7(8(14)4-6(5)2)9(15)10(11,12)13/h3-4,9,14-15H,1-2H3/t9-/m1/s1. The van der Waals surface area contributed by atoms with E-state index in [2.05, 4.69) is 0 Å². The molecule has 0 bridgehead atoms. The molecule has 2 N–H and O–H groups in total. The van der Waals surface area contributed by atoms with Gasteiger partial charge in [0.15, 0.2) is 6.10 Å². The SMILES string of the molecule is Cc1cc(O)c([C@@H](O)C(F)(F)F)cc1C. The van der Waals surface area contributed by atoms with Gasteiger partial charge in [0.25, 0.3) is 0 Å². The van der Waals surface area contributed by atoms with Gasteiger partial charge in [-0.1, -0.05) is 0 Å². The van der Waals surface area contributed by atoms with E-state index in [0.29, 0.717) is 11.1 Å². The molecular weight excluding hydrogens is 209 g/mol. The Morgan fingerprint density at radius 2 is 1.60 bits per heavy atom. The summed E-state index contributed by atoms with van der Waals surface area (Å²) in [5, 5.41) is 18.3. The number of aromatic hydroxyl groups is 1. The molecule has 0 aliphatic carbocycles. The van der Waals surface area contributed by atoms with E-state index < -0.39 is 23.6 Å². The average molecular weight is 220 g/mol. The molecule has 0 saturated heterocycles. The van der Waals surface area contributed by atoms with E-state index in [1.54, 1.807) is 13.8 Å². The lowest BCUT2D eigenvalue weighted by molar-refractivity contribution is -0.207. The van der Waals surface area contributed by atoms with Crippen molar-refractivity contribution in [3.63, 3.8) is 0 Å². The molecule has 1 atom stereocenters. The van der Waals surface area contributed by atoms with Gasteiger partial charge in [0.2, 0.25) is 0 Å². The Morgan fingerprint density at radius 3 is 2.07 bits per heavy atom. The van der Waals surface area contributed by atoms with E-state index in [4.69, 9.17) is 5.11 Å². The van der Waals surface area contributed by atoms with Crippen LogP contribution in [0.2, 0.25) is 0 Å². The van der Waals surface area contributed by atoms with Crippen molar-refractivity contribution in [3.05, 3.63) is 28.8 Å². The summed E-state index contributed by atoms with van der Waals surface area (Å²) in [4.78, 5) is 0. The lowest BCUT2D eigenvalue weighted by atomic mass is 10.0. The van der Waals surface area contributed by atoms with Crippen LogP contribution in [-0.4, -0.2) is 16.4 Å². The minimum absolute atomic E-state index is 0.509. The molecule has 0 aliphatic rings. The van der Waals surface area contributed by atoms with Gasteiger partial charge in [-0.15, -0.1) is 0 Å². The minimum atomic E-state index is -4.76. The molecule has 0 aromatic heterocycles. The van der Waals surface area contributed by atoms with Gasteiger partial charge in [0.1, 0.15) is 5.75 Å². The third kappa shape index (κ3) is 2.41. The third-order valence-electron chi connectivity index (χ3n) is 2.25. The topological polar surface area (TPSA) is 40.5 Å². The van der Waals surface area contributed by atoms with Crippen LogP contribution in [0.4, 0.5) is 13.2 Å². The molecule has 1 aromatic carbocycles. The van der Waals surface area contributed by atoms with Crippen molar-refractivity contribution >= 4 is 0 Å². The van der Waals surface area contributed by atoms with Crippen LogP contribution in [0.1, 0.15) is 22.8 Å². The Balaban J connectivity index is 3.21. The summed E-state index contributed by atoms with van der Waals surface area (Å²) in [5.74, 6) is -0.539. The van der Waals surface area contributed by atoms with Gasteiger partial charge in [-0.2, -0.15) is 13.2 Å². The second-order valence-corrected chi connectivity index (χ2v) is 3.44. The normalized spacial score (nSPS) is 14.0. The van der Waals surface area contributed by atoms with Crippen LogP contribution in [0.15, 0.2) is 12.1 Å². The van der Waals surface area contributed by atoms with Gasteiger partial charge in [0, 0.05) is 5.56 Å². The monoisotopic (exact) mass is 220 g/mol. The van der Waals surface area contributed by atoms with Crippen molar-refractivity contribution in [1.29, 1.82) is 0 Å². The zero-order valence-electron chi connectivity index (χ0n) is 8.26. The molecule has 0 heterocycles. The summed E-state index contributed by atoms with van der Waals surface area (Å²) in [7, 11) is 0. The number of aliphatic hydroxyl groups excluding tert-OH is 1. The molecule has 0 unspecified atom stereocenters. The van der Waals surface area contributed by atoms with Crippen LogP contribution in [0.25, 0.3) is 0 Å². The first-order valence-corrected chi connectivity index (χ1v) is 4.28.